The first-order valence-electron chi connectivity index (χ1n) is 7.79. The lowest BCUT2D eigenvalue weighted by Crippen LogP contribution is -2.72. The van der Waals surface area contributed by atoms with Gasteiger partial charge in [-0.15, -0.1) is 0 Å². The highest BCUT2D eigenvalue weighted by atomic mass is 127. The van der Waals surface area contributed by atoms with Gasteiger partial charge < -0.3 is 0 Å². The van der Waals surface area contributed by atoms with Gasteiger partial charge in [-0.3, -0.25) is 0 Å². The summed E-state index contributed by atoms with van der Waals surface area (Å²) < 4.78 is 195. The standard InChI is InChI=1S/C14H14F15I/c1-3-4-5-7(2,30)6-8(15,16)9(17,18)10(19,20)11(21,22)12(23,24)13(25,26)14(27,28)29/h3-6H2,1-2H3. The number of hydrogen-bond acceptors (Lipinski definition) is 0. The topological polar surface area (TPSA) is 0 Å². The second-order valence-corrected chi connectivity index (χ2v) is 9.37. The smallest absolute Gasteiger partial charge is 0.200 e. The van der Waals surface area contributed by atoms with Crippen LogP contribution < -0.4 is 0 Å². The van der Waals surface area contributed by atoms with Gasteiger partial charge in [0.15, 0.2) is 0 Å². The average molecular weight is 594 g/mol. The van der Waals surface area contributed by atoms with Gasteiger partial charge in [-0.2, -0.15) is 65.9 Å². The average Bonchev–Trinajstić information content (AvgIpc) is 2.49. The highest BCUT2D eigenvalue weighted by molar-refractivity contribution is 14.1. The van der Waals surface area contributed by atoms with Gasteiger partial charge in [-0.1, -0.05) is 49.3 Å². The van der Waals surface area contributed by atoms with Crippen LogP contribution in [0.4, 0.5) is 65.9 Å². The first-order valence-corrected chi connectivity index (χ1v) is 8.87. The molecule has 16 heteroatoms. The Labute approximate surface area is 173 Å². The van der Waals surface area contributed by atoms with Crippen LogP contribution in [0.15, 0.2) is 0 Å². The SMILES string of the molecule is CCCCC(C)(I)CC(F)(F)C(F)(F)C(F)(F)C(F)(F)C(F)(F)C(F)(F)C(F)(F)F. The maximum Gasteiger partial charge on any atom is 0.460 e. The van der Waals surface area contributed by atoms with E-state index in [1.807, 2.05) is 0 Å². The fraction of sp³-hybridized carbons (Fsp3) is 1.00. The monoisotopic (exact) mass is 594 g/mol. The molecule has 0 amide bonds. The van der Waals surface area contributed by atoms with E-state index in [4.69, 9.17) is 0 Å². The van der Waals surface area contributed by atoms with Crippen molar-refractivity contribution >= 4 is 22.6 Å². The lowest BCUT2D eigenvalue weighted by atomic mass is 9.87. The van der Waals surface area contributed by atoms with E-state index in [-0.39, 0.29) is 12.8 Å². The molecule has 1 atom stereocenters. The molecule has 0 nitrogen and oxygen atoms in total. The third-order valence-electron chi connectivity index (χ3n) is 4.03. The molecule has 0 aliphatic carbocycles. The molecule has 0 fully saturated rings. The molecule has 0 heterocycles. The summed E-state index contributed by atoms with van der Waals surface area (Å²) in [5.41, 5.74) is 0. The highest BCUT2D eigenvalue weighted by Crippen LogP contribution is 2.63. The van der Waals surface area contributed by atoms with Gasteiger partial charge in [0.1, 0.15) is 0 Å². The van der Waals surface area contributed by atoms with Gasteiger partial charge in [-0.25, -0.2) is 0 Å². The van der Waals surface area contributed by atoms with Crippen LogP contribution in [0.5, 0.6) is 0 Å². The molecule has 0 aliphatic rings. The number of alkyl halides is 16. The number of unbranched alkanes of at least 4 members (excludes halogenated alkanes) is 1. The molecule has 0 saturated carbocycles. The van der Waals surface area contributed by atoms with Crippen molar-refractivity contribution in [1.82, 2.24) is 0 Å². The van der Waals surface area contributed by atoms with Crippen LogP contribution in [0.3, 0.4) is 0 Å². The van der Waals surface area contributed by atoms with Gasteiger partial charge >= 0.3 is 41.7 Å². The first kappa shape index (κ1) is 29.7. The molecule has 1 unspecified atom stereocenters. The van der Waals surface area contributed by atoms with Crippen molar-refractivity contribution in [2.45, 2.75) is 84.7 Å². The van der Waals surface area contributed by atoms with Gasteiger partial charge in [0.05, 0.1) is 0 Å². The van der Waals surface area contributed by atoms with Crippen LogP contribution >= 0.6 is 22.6 Å². The predicted molar refractivity (Wildman–Crippen MR) is 82.3 cm³/mol. The minimum absolute atomic E-state index is 0.0729. The zero-order chi connectivity index (χ0) is 24.8. The highest BCUT2D eigenvalue weighted by Gasteiger charge is 2.93. The quantitative estimate of drug-likeness (QED) is 0.136. The normalized spacial score (nSPS) is 17.8. The Balaban J connectivity index is 6.36. The largest absolute Gasteiger partial charge is 0.460 e. The molecule has 0 radical (unpaired) electrons. The van der Waals surface area contributed by atoms with Gasteiger partial charge in [0.25, 0.3) is 0 Å². The van der Waals surface area contributed by atoms with E-state index in [0.717, 1.165) is 29.5 Å². The Morgan fingerprint density at radius 3 is 1.23 bits per heavy atom. The number of hydrogen-bond donors (Lipinski definition) is 0. The fourth-order valence-electron chi connectivity index (χ4n) is 2.21. The summed E-state index contributed by atoms with van der Waals surface area (Å²) >= 11 is 1.09. The molecule has 0 aromatic carbocycles. The van der Waals surface area contributed by atoms with E-state index in [1.54, 1.807) is 0 Å². The van der Waals surface area contributed by atoms with Crippen molar-refractivity contribution in [3.05, 3.63) is 0 Å². The van der Waals surface area contributed by atoms with E-state index in [0.29, 0.717) is 6.42 Å². The fourth-order valence-corrected chi connectivity index (χ4v) is 3.07. The van der Waals surface area contributed by atoms with Crippen molar-refractivity contribution < 1.29 is 65.9 Å². The van der Waals surface area contributed by atoms with E-state index in [2.05, 4.69) is 0 Å². The Morgan fingerprint density at radius 1 is 0.567 bits per heavy atom. The molecule has 182 valence electrons. The van der Waals surface area contributed by atoms with Crippen molar-refractivity contribution in [2.24, 2.45) is 0 Å². The maximum absolute atomic E-state index is 13.8. The van der Waals surface area contributed by atoms with Crippen LogP contribution in [0.2, 0.25) is 0 Å². The van der Waals surface area contributed by atoms with E-state index >= 15 is 0 Å². The maximum atomic E-state index is 13.8. The van der Waals surface area contributed by atoms with Crippen molar-refractivity contribution in [3.63, 3.8) is 0 Å². The van der Waals surface area contributed by atoms with Crippen molar-refractivity contribution in [3.8, 4) is 0 Å². The van der Waals surface area contributed by atoms with Gasteiger partial charge in [0.2, 0.25) is 0 Å². The molecule has 0 rings (SSSR count). The van der Waals surface area contributed by atoms with Crippen molar-refractivity contribution in [2.75, 3.05) is 0 Å². The van der Waals surface area contributed by atoms with E-state index in [9.17, 15) is 65.9 Å². The summed E-state index contributed by atoms with van der Waals surface area (Å²) in [6, 6.07) is 0. The van der Waals surface area contributed by atoms with E-state index < -0.39 is 51.6 Å². The molecule has 0 spiro atoms. The van der Waals surface area contributed by atoms with Crippen LogP contribution in [0.25, 0.3) is 0 Å². The van der Waals surface area contributed by atoms with Crippen molar-refractivity contribution in [1.29, 1.82) is 0 Å². The summed E-state index contributed by atoms with van der Waals surface area (Å²) in [6.07, 6.45) is -9.85. The van der Waals surface area contributed by atoms with Crippen LogP contribution in [-0.2, 0) is 0 Å². The third-order valence-corrected chi connectivity index (χ3v) is 4.96. The van der Waals surface area contributed by atoms with Crippen LogP contribution in [0.1, 0.15) is 39.5 Å². The van der Waals surface area contributed by atoms with E-state index in [1.165, 1.54) is 6.92 Å². The Bertz CT molecular complexity index is 591. The molecular formula is C14H14F15I. The second-order valence-electron chi connectivity index (χ2n) is 6.77. The Morgan fingerprint density at radius 2 is 0.900 bits per heavy atom. The number of rotatable bonds is 10. The predicted octanol–water partition coefficient (Wildman–Crippen LogP) is 8.13. The molecule has 0 aliphatic heterocycles. The summed E-state index contributed by atoms with van der Waals surface area (Å²) in [5, 5.41) is 0. The number of halogens is 16. The third kappa shape index (κ3) is 4.71. The molecule has 0 bridgehead atoms. The van der Waals surface area contributed by atoms with Gasteiger partial charge in [-0.05, 0) is 6.42 Å². The van der Waals surface area contributed by atoms with Crippen LogP contribution in [-0.4, -0.2) is 45.1 Å². The molecule has 0 saturated heterocycles. The minimum atomic E-state index is -8.23. The lowest BCUT2D eigenvalue weighted by Gasteiger charge is -2.42. The summed E-state index contributed by atoms with van der Waals surface area (Å²) in [7, 11) is 0. The Hall–Kier alpha value is -0.320. The molecule has 0 aromatic rings. The molecule has 0 N–H and O–H groups in total. The first-order chi connectivity index (χ1) is 12.8. The zero-order valence-corrected chi connectivity index (χ0v) is 17.0. The molecular weight excluding hydrogens is 580 g/mol. The summed E-state index contributed by atoms with van der Waals surface area (Å²) in [4.78, 5) is 0. The minimum Gasteiger partial charge on any atom is -0.200 e. The van der Waals surface area contributed by atoms with Crippen LogP contribution in [0, 0.1) is 0 Å². The Kier molecular flexibility index (Phi) is 8.14. The van der Waals surface area contributed by atoms with Gasteiger partial charge in [0, 0.05) is 9.84 Å². The summed E-state index contributed by atoms with van der Waals surface area (Å²) in [6.45, 7) is 2.33. The lowest BCUT2D eigenvalue weighted by molar-refractivity contribution is -0.452. The molecule has 30 heavy (non-hydrogen) atoms. The second kappa shape index (κ2) is 8.23. The summed E-state index contributed by atoms with van der Waals surface area (Å²) in [5.74, 6) is -46.0. The zero-order valence-electron chi connectivity index (χ0n) is 14.9. The molecule has 0 aromatic heterocycles.